The Morgan fingerprint density at radius 3 is 2.67 bits per heavy atom. The fourth-order valence-corrected chi connectivity index (χ4v) is 5.32. The first-order valence-corrected chi connectivity index (χ1v) is 11.3. The molecule has 4 aromatic rings. The van der Waals surface area contributed by atoms with Crippen molar-refractivity contribution in [3.63, 3.8) is 0 Å². The molecule has 0 radical (unpaired) electrons. The highest BCUT2D eigenvalue weighted by Gasteiger charge is 2.27. The topological polar surface area (TPSA) is 92.3 Å². The van der Waals surface area contributed by atoms with Crippen molar-refractivity contribution in [2.24, 2.45) is 4.99 Å². The molecule has 1 aliphatic rings. The number of hydrogen-bond donors (Lipinski definition) is 2. The van der Waals surface area contributed by atoms with Gasteiger partial charge in [-0.05, 0) is 54.4 Å². The van der Waals surface area contributed by atoms with Crippen molar-refractivity contribution >= 4 is 34.1 Å². The smallest absolute Gasteiger partial charge is 0.336 e. The van der Waals surface area contributed by atoms with E-state index >= 15 is 0 Å². The van der Waals surface area contributed by atoms with E-state index in [1.807, 2.05) is 43.3 Å². The van der Waals surface area contributed by atoms with E-state index in [1.54, 1.807) is 30.0 Å². The molecular formula is C26H21NO5S. The van der Waals surface area contributed by atoms with Crippen LogP contribution in [0.3, 0.4) is 0 Å². The van der Waals surface area contributed by atoms with Crippen LogP contribution in [0.1, 0.15) is 28.4 Å². The van der Waals surface area contributed by atoms with Crippen molar-refractivity contribution in [2.45, 2.75) is 23.5 Å². The third kappa shape index (κ3) is 3.85. The Kier molecular flexibility index (Phi) is 5.34. The summed E-state index contributed by atoms with van der Waals surface area (Å²) >= 11 is 1.65. The summed E-state index contributed by atoms with van der Waals surface area (Å²) in [5.41, 5.74) is 3.36. The van der Waals surface area contributed by atoms with Gasteiger partial charge in [-0.25, -0.2) is 4.79 Å². The maximum absolute atomic E-state index is 12.2. The number of benzene rings is 3. The van der Waals surface area contributed by atoms with E-state index in [4.69, 9.17) is 14.1 Å². The molecule has 7 heteroatoms. The van der Waals surface area contributed by atoms with Crippen molar-refractivity contribution in [1.82, 2.24) is 0 Å². The number of methoxy groups -OCH3 is 1. The van der Waals surface area contributed by atoms with E-state index in [9.17, 15) is 15.0 Å². The minimum atomic E-state index is -0.476. The molecule has 0 saturated carbocycles. The second-order valence-corrected chi connectivity index (χ2v) is 9.10. The molecule has 33 heavy (non-hydrogen) atoms. The molecular weight excluding hydrogens is 438 g/mol. The van der Waals surface area contributed by atoms with E-state index in [2.05, 4.69) is 0 Å². The summed E-state index contributed by atoms with van der Waals surface area (Å²) in [7, 11) is 1.51. The molecule has 2 N–H and O–H groups in total. The second kappa shape index (κ2) is 8.33. The number of nitrogens with zero attached hydrogens (tertiary/aromatic N) is 1. The third-order valence-corrected chi connectivity index (χ3v) is 7.05. The lowest BCUT2D eigenvalue weighted by Gasteiger charge is -2.18. The second-order valence-electron chi connectivity index (χ2n) is 7.85. The van der Waals surface area contributed by atoms with Crippen LogP contribution in [-0.4, -0.2) is 23.0 Å². The molecule has 1 aromatic heterocycles. The molecule has 0 aliphatic carbocycles. The zero-order valence-corrected chi connectivity index (χ0v) is 18.8. The van der Waals surface area contributed by atoms with Crippen LogP contribution in [0.5, 0.6) is 17.2 Å². The van der Waals surface area contributed by atoms with Gasteiger partial charge in [0.25, 0.3) is 0 Å². The van der Waals surface area contributed by atoms with Gasteiger partial charge in [0.15, 0.2) is 17.1 Å². The molecule has 0 amide bonds. The molecule has 166 valence electrons. The number of aliphatic imine (C=N–C) groups is 1. The average Bonchev–Trinajstić information content (AvgIpc) is 2.98. The van der Waals surface area contributed by atoms with Crippen LogP contribution in [-0.2, 0) is 0 Å². The highest BCUT2D eigenvalue weighted by Crippen LogP contribution is 2.47. The standard InChI is InChI=1S/C26H21NO5S/c1-14-11-24(30)32-26-16(14)8-10-20(29)25(26)18-13-23(15-7-9-19(28)21(12-15)31-2)33-22-6-4-3-5-17(22)27-18/h3-12,23,28-29H,13H2,1-2H3. The number of fused-ring (bicyclic) bond motifs is 2. The average molecular weight is 460 g/mol. The number of para-hydroxylation sites is 1. The van der Waals surface area contributed by atoms with Gasteiger partial charge in [-0.3, -0.25) is 4.99 Å². The van der Waals surface area contributed by atoms with Gasteiger partial charge in [0.1, 0.15) is 5.75 Å². The van der Waals surface area contributed by atoms with Gasteiger partial charge >= 0.3 is 5.63 Å². The zero-order chi connectivity index (χ0) is 23.1. The minimum Gasteiger partial charge on any atom is -0.507 e. The van der Waals surface area contributed by atoms with Crippen LogP contribution in [0.25, 0.3) is 11.0 Å². The maximum Gasteiger partial charge on any atom is 0.336 e. The molecule has 0 bridgehead atoms. The SMILES string of the molecule is COc1cc(C2CC(c3c(O)ccc4c(C)cc(=O)oc34)=Nc3ccccc3S2)ccc1O. The Labute approximate surface area is 194 Å². The quantitative estimate of drug-likeness (QED) is 0.372. The van der Waals surface area contributed by atoms with Crippen LogP contribution < -0.4 is 10.4 Å². The Morgan fingerprint density at radius 2 is 1.85 bits per heavy atom. The fraction of sp³-hybridized carbons (Fsp3) is 0.154. The fourth-order valence-electron chi connectivity index (χ4n) is 4.10. The molecule has 0 saturated heterocycles. The monoisotopic (exact) mass is 459 g/mol. The molecule has 6 nitrogen and oxygen atoms in total. The largest absolute Gasteiger partial charge is 0.507 e. The van der Waals surface area contributed by atoms with Gasteiger partial charge < -0.3 is 19.4 Å². The number of thioether (sulfide) groups is 1. The Bertz CT molecular complexity index is 1470. The number of rotatable bonds is 3. The molecule has 1 unspecified atom stereocenters. The molecule has 0 spiro atoms. The van der Waals surface area contributed by atoms with E-state index in [0.29, 0.717) is 29.0 Å². The number of hydrogen-bond acceptors (Lipinski definition) is 7. The van der Waals surface area contributed by atoms with Crippen molar-refractivity contribution < 1.29 is 19.4 Å². The van der Waals surface area contributed by atoms with Crippen LogP contribution >= 0.6 is 11.8 Å². The lowest BCUT2D eigenvalue weighted by atomic mass is 9.97. The predicted octanol–water partition coefficient (Wildman–Crippen LogP) is 5.88. The zero-order valence-electron chi connectivity index (χ0n) is 18.0. The molecule has 0 fully saturated rings. The molecule has 1 aliphatic heterocycles. The number of aryl methyl sites for hydroxylation is 1. The van der Waals surface area contributed by atoms with Crippen LogP contribution in [0.15, 0.2) is 79.8 Å². The first-order chi connectivity index (χ1) is 15.9. The number of aromatic hydroxyl groups is 2. The van der Waals surface area contributed by atoms with Crippen molar-refractivity contribution in [3.05, 3.63) is 87.8 Å². The van der Waals surface area contributed by atoms with E-state index in [1.165, 1.54) is 13.2 Å². The number of phenolic OH excluding ortho intramolecular Hbond substituents is 2. The van der Waals surface area contributed by atoms with Crippen LogP contribution in [0, 0.1) is 6.92 Å². The maximum atomic E-state index is 12.2. The summed E-state index contributed by atoms with van der Waals surface area (Å²) in [6, 6.07) is 17.9. The third-order valence-electron chi connectivity index (χ3n) is 5.73. The van der Waals surface area contributed by atoms with E-state index in [0.717, 1.165) is 27.1 Å². The lowest BCUT2D eigenvalue weighted by Crippen LogP contribution is -2.09. The molecule has 5 rings (SSSR count). The van der Waals surface area contributed by atoms with Crippen molar-refractivity contribution in [3.8, 4) is 17.2 Å². The van der Waals surface area contributed by atoms with Gasteiger partial charge in [-0.15, -0.1) is 11.8 Å². The first-order valence-electron chi connectivity index (χ1n) is 10.4. The van der Waals surface area contributed by atoms with Crippen molar-refractivity contribution in [1.29, 1.82) is 0 Å². The number of phenols is 2. The Hall–Kier alpha value is -3.71. The predicted molar refractivity (Wildman–Crippen MR) is 129 cm³/mol. The van der Waals surface area contributed by atoms with E-state index < -0.39 is 5.63 Å². The Morgan fingerprint density at radius 1 is 1.06 bits per heavy atom. The van der Waals surface area contributed by atoms with Gasteiger partial charge in [0.2, 0.25) is 0 Å². The summed E-state index contributed by atoms with van der Waals surface area (Å²) in [5, 5.41) is 21.6. The first kappa shape index (κ1) is 21.2. The van der Waals surface area contributed by atoms with Crippen LogP contribution in [0.2, 0.25) is 0 Å². The summed E-state index contributed by atoms with van der Waals surface area (Å²) in [5.74, 6) is 0.457. The molecule has 2 heterocycles. The Balaban J connectivity index is 1.73. The summed E-state index contributed by atoms with van der Waals surface area (Å²) in [6.45, 7) is 1.84. The van der Waals surface area contributed by atoms with Gasteiger partial charge in [-0.1, -0.05) is 18.2 Å². The highest BCUT2D eigenvalue weighted by atomic mass is 32.2. The summed E-state index contributed by atoms with van der Waals surface area (Å²) in [6.07, 6.45) is 0.456. The van der Waals surface area contributed by atoms with Crippen LogP contribution in [0.4, 0.5) is 5.69 Å². The molecule has 3 aromatic carbocycles. The number of ether oxygens (including phenoxy) is 1. The minimum absolute atomic E-state index is 0.00131. The molecule has 1 atom stereocenters. The summed E-state index contributed by atoms with van der Waals surface area (Å²) < 4.78 is 10.9. The van der Waals surface area contributed by atoms with Crippen molar-refractivity contribution in [2.75, 3.05) is 7.11 Å². The normalized spacial score (nSPS) is 15.6. The van der Waals surface area contributed by atoms with Gasteiger partial charge in [0, 0.05) is 28.0 Å². The summed E-state index contributed by atoms with van der Waals surface area (Å²) in [4.78, 5) is 18.1. The van der Waals surface area contributed by atoms with Gasteiger partial charge in [0.05, 0.1) is 24.1 Å². The van der Waals surface area contributed by atoms with E-state index in [-0.39, 0.29) is 16.7 Å². The highest BCUT2D eigenvalue weighted by molar-refractivity contribution is 7.99. The van der Waals surface area contributed by atoms with Gasteiger partial charge in [-0.2, -0.15) is 0 Å². The lowest BCUT2D eigenvalue weighted by molar-refractivity contribution is 0.373.